The van der Waals surface area contributed by atoms with Gasteiger partial charge in [-0.25, -0.2) is 0 Å². The van der Waals surface area contributed by atoms with Gasteiger partial charge in [-0.15, -0.1) is 0 Å². The number of ether oxygens (including phenoxy) is 1. The van der Waals surface area contributed by atoms with Crippen LogP contribution in [0.15, 0.2) is 77.7 Å². The molecule has 0 unspecified atom stereocenters. The van der Waals surface area contributed by atoms with E-state index in [4.69, 9.17) is 10.5 Å². The van der Waals surface area contributed by atoms with Gasteiger partial charge in [0.15, 0.2) is 11.6 Å². The minimum Gasteiger partial charge on any atom is -0.396 e. The van der Waals surface area contributed by atoms with Crippen LogP contribution in [0.5, 0.6) is 0 Å². The number of non-ortho nitro benzene ring substituents is 1. The predicted molar refractivity (Wildman–Crippen MR) is 210 cm³/mol. The molecule has 1 saturated heterocycles. The third-order valence-electron chi connectivity index (χ3n) is 9.79. The lowest BCUT2D eigenvalue weighted by molar-refractivity contribution is -0.393. The van der Waals surface area contributed by atoms with Crippen LogP contribution in [0.3, 0.4) is 0 Å². The van der Waals surface area contributed by atoms with Gasteiger partial charge in [0.25, 0.3) is 21.5 Å². The summed E-state index contributed by atoms with van der Waals surface area (Å²) in [5.41, 5.74) is 8.02. The fourth-order valence-electron chi connectivity index (χ4n) is 6.88. The Hall–Kier alpha value is -6.44. The average molecular weight is 802 g/mol. The Morgan fingerprint density at radius 3 is 2.11 bits per heavy atom. The summed E-state index contributed by atoms with van der Waals surface area (Å²) in [6.07, 6.45) is 2.07. The summed E-state index contributed by atoms with van der Waals surface area (Å²) in [6.45, 7) is 2.34. The lowest BCUT2D eigenvalue weighted by Gasteiger charge is -2.35. The van der Waals surface area contributed by atoms with Gasteiger partial charge in [0, 0.05) is 68.2 Å². The first-order valence-electron chi connectivity index (χ1n) is 18.0. The van der Waals surface area contributed by atoms with Crippen molar-refractivity contribution >= 4 is 67.4 Å². The van der Waals surface area contributed by atoms with Crippen molar-refractivity contribution < 1.29 is 41.9 Å². The number of nitrogens with zero attached hydrogens (tertiary/aromatic N) is 3. The molecule has 298 valence electrons. The largest absolute Gasteiger partial charge is 0.396 e. The highest BCUT2D eigenvalue weighted by atomic mass is 32.2. The van der Waals surface area contributed by atoms with Crippen molar-refractivity contribution in [3.63, 3.8) is 0 Å². The first-order chi connectivity index (χ1) is 27.2. The Labute approximate surface area is 326 Å². The van der Waals surface area contributed by atoms with E-state index >= 15 is 0 Å². The fraction of sp³-hybridized carbons (Fsp3) is 0.289. The van der Waals surface area contributed by atoms with Crippen molar-refractivity contribution in [3.05, 3.63) is 115 Å². The SMILES string of the molecule is Nc1c(N2CCC(C(=O)NCCCOCCCNc3ccc([N+](=O)[O-])cc3[N+](=O)[O-])CC2)cc(Nc2ccc(S(=O)(=O)O)cc2)c2c1C(=O)c1ccccc1C2=O. The van der Waals surface area contributed by atoms with E-state index < -0.39 is 31.5 Å². The Kier molecular flexibility index (Phi) is 12.1. The van der Waals surface area contributed by atoms with Gasteiger partial charge in [-0.3, -0.25) is 39.2 Å². The lowest BCUT2D eigenvalue weighted by atomic mass is 9.81. The molecule has 4 aromatic carbocycles. The Balaban J connectivity index is 1.02. The summed E-state index contributed by atoms with van der Waals surface area (Å²) < 4.78 is 38.2. The Bertz CT molecular complexity index is 2350. The highest BCUT2D eigenvalue weighted by Gasteiger charge is 2.36. The number of ketones is 2. The number of carbonyl (C=O) groups excluding carboxylic acids is 3. The summed E-state index contributed by atoms with van der Waals surface area (Å²) >= 11 is 0. The molecule has 0 radical (unpaired) electrons. The number of nitrogen functional groups attached to an aromatic ring is 1. The van der Waals surface area contributed by atoms with Crippen LogP contribution in [0.2, 0.25) is 0 Å². The van der Waals surface area contributed by atoms with Crippen LogP contribution in [0, 0.1) is 26.1 Å². The predicted octanol–water partition coefficient (Wildman–Crippen LogP) is 5.09. The van der Waals surface area contributed by atoms with E-state index in [-0.39, 0.29) is 67.4 Å². The van der Waals surface area contributed by atoms with Gasteiger partial charge in [0.1, 0.15) is 5.69 Å². The van der Waals surface area contributed by atoms with E-state index in [9.17, 15) is 47.6 Å². The minimum absolute atomic E-state index is 0.0556. The average Bonchev–Trinajstić information content (AvgIpc) is 3.19. The van der Waals surface area contributed by atoms with Crippen LogP contribution < -0.4 is 26.6 Å². The second-order valence-corrected chi connectivity index (χ2v) is 14.9. The molecule has 0 atom stereocenters. The number of anilines is 5. The number of nitrogens with one attached hydrogen (secondary N) is 3. The number of rotatable bonds is 16. The maximum absolute atomic E-state index is 13.9. The highest BCUT2D eigenvalue weighted by molar-refractivity contribution is 7.85. The number of nitrogens with two attached hydrogens (primary N) is 1. The molecule has 1 aliphatic heterocycles. The van der Waals surface area contributed by atoms with Crippen molar-refractivity contribution in [2.45, 2.75) is 30.6 Å². The van der Waals surface area contributed by atoms with Crippen molar-refractivity contribution in [2.75, 3.05) is 60.7 Å². The smallest absolute Gasteiger partial charge is 0.299 e. The first kappa shape index (κ1) is 40.2. The number of nitro groups is 2. The molecule has 1 fully saturated rings. The third kappa shape index (κ3) is 9.01. The van der Waals surface area contributed by atoms with E-state index in [0.29, 0.717) is 76.5 Å². The number of benzene rings is 4. The van der Waals surface area contributed by atoms with E-state index in [0.717, 1.165) is 6.07 Å². The highest BCUT2D eigenvalue weighted by Crippen LogP contribution is 2.43. The van der Waals surface area contributed by atoms with E-state index in [2.05, 4.69) is 16.0 Å². The van der Waals surface area contributed by atoms with Crippen LogP contribution in [0.1, 0.15) is 57.5 Å². The van der Waals surface area contributed by atoms with Gasteiger partial charge in [0.2, 0.25) is 5.91 Å². The molecule has 0 aromatic heterocycles. The number of hydrogen-bond acceptors (Lipinski definition) is 14. The summed E-state index contributed by atoms with van der Waals surface area (Å²) in [6, 6.07) is 16.8. The van der Waals surface area contributed by atoms with Crippen LogP contribution in [0.25, 0.3) is 0 Å². The fourth-order valence-corrected chi connectivity index (χ4v) is 7.36. The zero-order chi connectivity index (χ0) is 40.9. The maximum Gasteiger partial charge on any atom is 0.299 e. The second-order valence-electron chi connectivity index (χ2n) is 13.4. The van der Waals surface area contributed by atoms with Crippen LogP contribution in [-0.4, -0.2) is 79.7 Å². The number of fused-ring (bicyclic) bond motifs is 2. The van der Waals surface area contributed by atoms with Crippen molar-refractivity contribution in [3.8, 4) is 0 Å². The molecule has 57 heavy (non-hydrogen) atoms. The topological polar surface area (TPSA) is 266 Å². The molecule has 0 bridgehead atoms. The molecule has 18 nitrogen and oxygen atoms in total. The molecular weight excluding hydrogens is 763 g/mol. The molecular formula is C38H39N7O11S. The first-order valence-corrected chi connectivity index (χ1v) is 19.4. The number of carbonyl (C=O) groups is 3. The number of nitro benzene ring substituents is 2. The van der Waals surface area contributed by atoms with Crippen molar-refractivity contribution in [2.24, 2.45) is 5.92 Å². The van der Waals surface area contributed by atoms with Crippen LogP contribution >= 0.6 is 0 Å². The van der Waals surface area contributed by atoms with E-state index in [1.807, 2.05) is 4.90 Å². The van der Waals surface area contributed by atoms with Gasteiger partial charge in [0.05, 0.1) is 49.0 Å². The normalized spacial score (nSPS) is 14.1. The Morgan fingerprint density at radius 1 is 0.860 bits per heavy atom. The molecule has 6 N–H and O–H groups in total. The second kappa shape index (κ2) is 17.1. The number of piperidine rings is 1. The van der Waals surface area contributed by atoms with Crippen molar-refractivity contribution in [1.29, 1.82) is 0 Å². The minimum atomic E-state index is -4.43. The molecule has 19 heteroatoms. The summed E-state index contributed by atoms with van der Waals surface area (Å²) in [5, 5.41) is 31.2. The van der Waals surface area contributed by atoms with Gasteiger partial charge in [-0.05, 0) is 62.1 Å². The van der Waals surface area contributed by atoms with Gasteiger partial charge >= 0.3 is 0 Å². The molecule has 1 heterocycles. The standard InChI is InChI=1S/C38H39N7O11S/c39-35-32(22-30(42-24-7-10-26(11-8-24)57(53,54)55)33-34(35)37(47)28-6-2-1-5-27(28)36(33)46)43-17-13-23(14-18-43)38(48)41-16-4-20-56-19-3-15-40-29-12-9-25(44(49)50)21-31(29)45(51)52/h1-2,5-12,21-23,40,42H,3-4,13-20,39H2,(H,41,48)(H,53,54,55). The molecule has 0 saturated carbocycles. The molecule has 1 amide bonds. The van der Waals surface area contributed by atoms with Gasteiger partial charge < -0.3 is 31.3 Å². The summed E-state index contributed by atoms with van der Waals surface area (Å²) in [4.78, 5) is 63.2. The number of hydrogen-bond donors (Lipinski definition) is 5. The zero-order valence-corrected chi connectivity index (χ0v) is 31.3. The van der Waals surface area contributed by atoms with Gasteiger partial charge in [-0.1, -0.05) is 24.3 Å². The lowest BCUT2D eigenvalue weighted by Crippen LogP contribution is -2.41. The quantitative estimate of drug-likeness (QED) is 0.0286. The summed E-state index contributed by atoms with van der Waals surface area (Å²) in [7, 11) is -4.43. The van der Waals surface area contributed by atoms with E-state index in [1.54, 1.807) is 30.3 Å². The Morgan fingerprint density at radius 2 is 1.49 bits per heavy atom. The summed E-state index contributed by atoms with van der Waals surface area (Å²) in [5.74, 6) is -1.19. The van der Waals surface area contributed by atoms with Crippen molar-refractivity contribution in [1.82, 2.24) is 5.32 Å². The number of amides is 1. The molecule has 4 aromatic rings. The molecule has 2 aliphatic rings. The monoisotopic (exact) mass is 801 g/mol. The third-order valence-corrected chi connectivity index (χ3v) is 10.7. The van der Waals surface area contributed by atoms with Crippen LogP contribution in [-0.2, 0) is 19.6 Å². The van der Waals surface area contributed by atoms with Gasteiger partial charge in [-0.2, -0.15) is 8.42 Å². The molecule has 6 rings (SSSR count). The molecule has 0 spiro atoms. The van der Waals surface area contributed by atoms with Crippen LogP contribution in [0.4, 0.5) is 39.8 Å². The van der Waals surface area contributed by atoms with E-state index in [1.165, 1.54) is 36.4 Å². The zero-order valence-electron chi connectivity index (χ0n) is 30.4. The molecule has 1 aliphatic carbocycles. The maximum atomic E-state index is 13.9.